The number of rotatable bonds is 2. The zero-order chi connectivity index (χ0) is 12.5. The molecule has 18 heavy (non-hydrogen) atoms. The molecular weight excluding hydrogens is 236 g/mol. The molecule has 3 aromatic rings. The molecule has 0 amide bonds. The molecule has 0 unspecified atom stereocenters. The van der Waals surface area contributed by atoms with E-state index in [1.165, 1.54) is 24.3 Å². The lowest BCUT2D eigenvalue weighted by molar-refractivity contribution is 0.628. The maximum Gasteiger partial charge on any atom is 0.205 e. The number of hydrogen-bond acceptors (Lipinski definition) is 2. The van der Waals surface area contributed by atoms with E-state index in [2.05, 4.69) is 15.3 Å². The Morgan fingerprint density at radius 3 is 2.44 bits per heavy atom. The minimum atomic E-state index is -0.320. The van der Waals surface area contributed by atoms with Gasteiger partial charge in [0, 0.05) is 5.69 Å². The lowest BCUT2D eigenvalue weighted by Crippen LogP contribution is -1.91. The molecule has 0 saturated carbocycles. The van der Waals surface area contributed by atoms with Gasteiger partial charge in [0.05, 0.1) is 11.0 Å². The summed E-state index contributed by atoms with van der Waals surface area (Å²) in [6.07, 6.45) is 0. The normalized spacial score (nSPS) is 10.8. The molecule has 0 aliphatic heterocycles. The van der Waals surface area contributed by atoms with Crippen molar-refractivity contribution in [3.05, 3.63) is 54.1 Å². The summed E-state index contributed by atoms with van der Waals surface area (Å²) in [6, 6.07) is 10.2. The number of nitrogens with zero attached hydrogens (tertiary/aromatic N) is 1. The molecule has 2 aromatic carbocycles. The van der Waals surface area contributed by atoms with E-state index in [0.29, 0.717) is 22.7 Å². The maximum absolute atomic E-state index is 13.0. The minimum absolute atomic E-state index is 0.299. The van der Waals surface area contributed by atoms with Crippen molar-refractivity contribution in [2.45, 2.75) is 0 Å². The van der Waals surface area contributed by atoms with Crippen LogP contribution in [0.25, 0.3) is 11.0 Å². The van der Waals surface area contributed by atoms with Crippen LogP contribution in [-0.2, 0) is 0 Å². The van der Waals surface area contributed by atoms with Crippen LogP contribution in [0.4, 0.5) is 20.4 Å². The summed E-state index contributed by atoms with van der Waals surface area (Å²) in [4.78, 5) is 7.19. The third-order valence-electron chi connectivity index (χ3n) is 2.55. The first-order valence-corrected chi connectivity index (χ1v) is 5.38. The number of aromatic amines is 1. The molecule has 0 atom stereocenters. The first-order chi connectivity index (χ1) is 8.70. The Labute approximate surface area is 101 Å². The van der Waals surface area contributed by atoms with Gasteiger partial charge in [-0.3, -0.25) is 0 Å². The van der Waals surface area contributed by atoms with Crippen molar-refractivity contribution in [2.75, 3.05) is 5.32 Å². The van der Waals surface area contributed by atoms with Gasteiger partial charge in [-0.1, -0.05) is 0 Å². The molecule has 1 heterocycles. The largest absolute Gasteiger partial charge is 0.326 e. The monoisotopic (exact) mass is 245 g/mol. The van der Waals surface area contributed by atoms with Gasteiger partial charge < -0.3 is 10.3 Å². The summed E-state index contributed by atoms with van der Waals surface area (Å²) in [5, 5.41) is 2.98. The van der Waals surface area contributed by atoms with Gasteiger partial charge in [-0.05, 0) is 42.5 Å². The molecule has 0 spiro atoms. The number of hydrogen-bond donors (Lipinski definition) is 2. The van der Waals surface area contributed by atoms with Crippen molar-refractivity contribution in [3.63, 3.8) is 0 Å². The van der Waals surface area contributed by atoms with Gasteiger partial charge in [0.2, 0.25) is 5.95 Å². The zero-order valence-corrected chi connectivity index (χ0v) is 9.24. The first-order valence-electron chi connectivity index (χ1n) is 5.38. The number of H-pyrrole nitrogens is 1. The summed E-state index contributed by atoms with van der Waals surface area (Å²) in [5.74, 6) is -0.131. The second-order valence-electron chi connectivity index (χ2n) is 3.88. The molecule has 0 aliphatic rings. The van der Waals surface area contributed by atoms with E-state index >= 15 is 0 Å². The van der Waals surface area contributed by atoms with E-state index in [1.54, 1.807) is 18.2 Å². The summed E-state index contributed by atoms with van der Waals surface area (Å²) in [7, 11) is 0. The Morgan fingerprint density at radius 2 is 1.67 bits per heavy atom. The summed E-state index contributed by atoms with van der Waals surface area (Å²) in [5.41, 5.74) is 1.98. The fourth-order valence-corrected chi connectivity index (χ4v) is 1.71. The predicted octanol–water partition coefficient (Wildman–Crippen LogP) is 3.58. The van der Waals surface area contributed by atoms with Gasteiger partial charge in [-0.2, -0.15) is 0 Å². The van der Waals surface area contributed by atoms with Crippen LogP contribution in [0.3, 0.4) is 0 Å². The summed E-state index contributed by atoms with van der Waals surface area (Å²) >= 11 is 0. The molecule has 0 fully saturated rings. The number of halogens is 2. The Balaban J connectivity index is 1.92. The molecule has 0 saturated heterocycles. The third kappa shape index (κ3) is 2.02. The highest BCUT2D eigenvalue weighted by molar-refractivity contribution is 5.78. The second-order valence-corrected chi connectivity index (χ2v) is 3.88. The van der Waals surface area contributed by atoms with Crippen molar-refractivity contribution < 1.29 is 8.78 Å². The fourth-order valence-electron chi connectivity index (χ4n) is 1.71. The van der Waals surface area contributed by atoms with Gasteiger partial charge >= 0.3 is 0 Å². The first kappa shape index (κ1) is 10.7. The zero-order valence-electron chi connectivity index (χ0n) is 9.24. The fraction of sp³-hybridized carbons (Fsp3) is 0. The van der Waals surface area contributed by atoms with E-state index in [-0.39, 0.29) is 11.6 Å². The number of imidazole rings is 1. The van der Waals surface area contributed by atoms with Crippen LogP contribution < -0.4 is 5.32 Å². The van der Waals surface area contributed by atoms with Gasteiger partial charge in [-0.25, -0.2) is 13.8 Å². The molecule has 3 nitrogen and oxygen atoms in total. The average molecular weight is 245 g/mol. The smallest absolute Gasteiger partial charge is 0.205 e. The van der Waals surface area contributed by atoms with E-state index in [0.717, 1.165) is 0 Å². The van der Waals surface area contributed by atoms with Gasteiger partial charge in [-0.15, -0.1) is 0 Å². The molecule has 2 N–H and O–H groups in total. The Kier molecular flexibility index (Phi) is 2.44. The Hall–Kier alpha value is -2.43. The highest BCUT2D eigenvalue weighted by Crippen LogP contribution is 2.19. The van der Waals surface area contributed by atoms with E-state index in [1.807, 2.05) is 0 Å². The lowest BCUT2D eigenvalue weighted by atomic mass is 10.3. The summed E-state index contributed by atoms with van der Waals surface area (Å²) < 4.78 is 25.8. The van der Waals surface area contributed by atoms with Gasteiger partial charge in [0.25, 0.3) is 0 Å². The molecule has 0 radical (unpaired) electrons. The quantitative estimate of drug-likeness (QED) is 0.724. The molecule has 0 bridgehead atoms. The number of anilines is 2. The summed E-state index contributed by atoms with van der Waals surface area (Å²) in [6.45, 7) is 0. The number of benzene rings is 2. The Morgan fingerprint density at radius 1 is 0.944 bits per heavy atom. The molecule has 90 valence electrons. The Bertz CT molecular complexity index is 689. The van der Waals surface area contributed by atoms with Crippen LogP contribution in [-0.4, -0.2) is 9.97 Å². The van der Waals surface area contributed by atoms with Crippen LogP contribution in [0.15, 0.2) is 42.5 Å². The van der Waals surface area contributed by atoms with Crippen molar-refractivity contribution >= 4 is 22.7 Å². The van der Waals surface area contributed by atoms with Crippen LogP contribution >= 0.6 is 0 Å². The molecule has 1 aromatic heterocycles. The van der Waals surface area contributed by atoms with E-state index < -0.39 is 0 Å². The molecule has 5 heteroatoms. The minimum Gasteiger partial charge on any atom is -0.326 e. The van der Waals surface area contributed by atoms with Crippen molar-refractivity contribution in [1.82, 2.24) is 9.97 Å². The third-order valence-corrected chi connectivity index (χ3v) is 2.55. The average Bonchev–Trinajstić information content (AvgIpc) is 2.73. The van der Waals surface area contributed by atoms with Crippen LogP contribution in [0.1, 0.15) is 0 Å². The van der Waals surface area contributed by atoms with Crippen LogP contribution in [0, 0.1) is 11.6 Å². The number of nitrogens with one attached hydrogen (secondary N) is 2. The van der Waals surface area contributed by atoms with Gasteiger partial charge in [0.15, 0.2) is 0 Å². The molecular formula is C13H9F2N3. The van der Waals surface area contributed by atoms with Gasteiger partial charge in [0.1, 0.15) is 11.6 Å². The van der Waals surface area contributed by atoms with Crippen molar-refractivity contribution in [2.24, 2.45) is 0 Å². The molecule has 3 rings (SSSR count). The van der Waals surface area contributed by atoms with E-state index in [4.69, 9.17) is 0 Å². The number of fused-ring (bicyclic) bond motifs is 1. The standard InChI is InChI=1S/C13H9F2N3/c14-8-1-4-10(5-2-8)16-13-17-11-6-3-9(15)7-12(11)18-13/h1-7H,(H2,16,17,18). The van der Waals surface area contributed by atoms with Crippen molar-refractivity contribution in [3.8, 4) is 0 Å². The highest BCUT2D eigenvalue weighted by Gasteiger charge is 2.04. The molecule has 0 aliphatic carbocycles. The van der Waals surface area contributed by atoms with Crippen molar-refractivity contribution in [1.29, 1.82) is 0 Å². The topological polar surface area (TPSA) is 40.7 Å². The lowest BCUT2D eigenvalue weighted by Gasteiger charge is -2.01. The predicted molar refractivity (Wildman–Crippen MR) is 65.7 cm³/mol. The number of aromatic nitrogens is 2. The van der Waals surface area contributed by atoms with Crippen LogP contribution in [0.2, 0.25) is 0 Å². The van der Waals surface area contributed by atoms with Crippen LogP contribution in [0.5, 0.6) is 0 Å². The highest BCUT2D eigenvalue weighted by atomic mass is 19.1. The van der Waals surface area contributed by atoms with E-state index in [9.17, 15) is 8.78 Å². The maximum atomic E-state index is 13.0. The second kappa shape index (κ2) is 4.10. The SMILES string of the molecule is Fc1ccc(Nc2nc3ccc(F)cc3[nH]2)cc1.